The summed E-state index contributed by atoms with van der Waals surface area (Å²) in [5, 5.41) is 10.7. The number of benzene rings is 1. The van der Waals surface area contributed by atoms with Gasteiger partial charge in [-0.25, -0.2) is 0 Å². The Morgan fingerprint density at radius 1 is 1.20 bits per heavy atom. The first-order chi connectivity index (χ1) is 9.66. The Hall–Kier alpha value is -0.860. The number of aliphatic hydroxyl groups excluding tert-OH is 1. The summed E-state index contributed by atoms with van der Waals surface area (Å²) in [4.78, 5) is 2.63. The molecule has 2 atom stereocenters. The van der Waals surface area contributed by atoms with Gasteiger partial charge in [0.25, 0.3) is 0 Å². The fraction of sp³-hybridized carbons (Fsp3) is 0.667. The molecule has 2 heteroatoms. The lowest BCUT2D eigenvalue weighted by molar-refractivity contribution is 0.0275. The van der Waals surface area contributed by atoms with Crippen LogP contribution in [-0.4, -0.2) is 28.6 Å². The van der Waals surface area contributed by atoms with Crippen LogP contribution in [0.25, 0.3) is 0 Å². The topological polar surface area (TPSA) is 23.5 Å². The lowest BCUT2D eigenvalue weighted by Gasteiger charge is -2.37. The summed E-state index contributed by atoms with van der Waals surface area (Å²) in [7, 11) is 0. The SMILES string of the molecule is CC(C)CN(C1CCCC1)C1Cc2ccccc2C1O. The molecule has 0 aromatic heterocycles. The van der Waals surface area contributed by atoms with Crippen LogP contribution in [0.1, 0.15) is 56.8 Å². The van der Waals surface area contributed by atoms with Crippen molar-refractivity contribution in [2.24, 2.45) is 5.92 Å². The van der Waals surface area contributed by atoms with Crippen LogP contribution >= 0.6 is 0 Å². The molecule has 1 N–H and O–H groups in total. The summed E-state index contributed by atoms with van der Waals surface area (Å²) < 4.78 is 0. The van der Waals surface area contributed by atoms with Crippen LogP contribution in [0.15, 0.2) is 24.3 Å². The Morgan fingerprint density at radius 3 is 2.55 bits per heavy atom. The highest BCUT2D eigenvalue weighted by molar-refractivity contribution is 5.36. The van der Waals surface area contributed by atoms with Gasteiger partial charge in [0.1, 0.15) is 0 Å². The minimum Gasteiger partial charge on any atom is -0.387 e. The molecular formula is C18H27NO. The Bertz CT molecular complexity index is 450. The summed E-state index contributed by atoms with van der Waals surface area (Å²) in [6.07, 6.45) is 6.05. The highest BCUT2D eigenvalue weighted by Crippen LogP contribution is 2.38. The van der Waals surface area contributed by atoms with E-state index in [9.17, 15) is 5.11 Å². The number of hydrogen-bond acceptors (Lipinski definition) is 2. The Morgan fingerprint density at radius 2 is 1.90 bits per heavy atom. The van der Waals surface area contributed by atoms with E-state index in [4.69, 9.17) is 0 Å². The van der Waals surface area contributed by atoms with Gasteiger partial charge >= 0.3 is 0 Å². The van der Waals surface area contributed by atoms with Crippen molar-refractivity contribution >= 4 is 0 Å². The second-order valence-corrected chi connectivity index (χ2v) is 6.94. The Kier molecular flexibility index (Phi) is 4.13. The minimum atomic E-state index is -0.300. The van der Waals surface area contributed by atoms with E-state index in [0.717, 1.165) is 18.5 Å². The highest BCUT2D eigenvalue weighted by Gasteiger charge is 2.38. The third-order valence-corrected chi connectivity index (χ3v) is 4.96. The fourth-order valence-corrected chi connectivity index (χ4v) is 4.06. The smallest absolute Gasteiger partial charge is 0.0951 e. The molecule has 20 heavy (non-hydrogen) atoms. The number of rotatable bonds is 4. The first-order valence-electron chi connectivity index (χ1n) is 8.18. The van der Waals surface area contributed by atoms with E-state index in [1.54, 1.807) is 0 Å². The minimum absolute atomic E-state index is 0.290. The quantitative estimate of drug-likeness (QED) is 0.907. The van der Waals surface area contributed by atoms with E-state index in [2.05, 4.69) is 36.9 Å². The maximum Gasteiger partial charge on any atom is 0.0951 e. The molecule has 3 rings (SSSR count). The molecule has 0 aliphatic heterocycles. The van der Waals surface area contributed by atoms with Crippen molar-refractivity contribution in [3.05, 3.63) is 35.4 Å². The third-order valence-electron chi connectivity index (χ3n) is 4.96. The molecule has 1 aromatic rings. The van der Waals surface area contributed by atoms with Gasteiger partial charge < -0.3 is 5.11 Å². The second-order valence-electron chi connectivity index (χ2n) is 6.94. The number of nitrogens with zero attached hydrogens (tertiary/aromatic N) is 1. The van der Waals surface area contributed by atoms with Gasteiger partial charge in [0, 0.05) is 18.6 Å². The molecule has 0 saturated heterocycles. The molecule has 1 saturated carbocycles. The van der Waals surface area contributed by atoms with E-state index >= 15 is 0 Å². The van der Waals surface area contributed by atoms with Crippen LogP contribution in [0.3, 0.4) is 0 Å². The fourth-order valence-electron chi connectivity index (χ4n) is 4.06. The van der Waals surface area contributed by atoms with E-state index in [-0.39, 0.29) is 12.1 Å². The van der Waals surface area contributed by atoms with Crippen molar-refractivity contribution in [1.29, 1.82) is 0 Å². The second kappa shape index (κ2) is 5.87. The van der Waals surface area contributed by atoms with Gasteiger partial charge in [-0.15, -0.1) is 0 Å². The average molecular weight is 273 g/mol. The van der Waals surface area contributed by atoms with Crippen molar-refractivity contribution in [1.82, 2.24) is 4.90 Å². The van der Waals surface area contributed by atoms with Crippen molar-refractivity contribution in [3.63, 3.8) is 0 Å². The molecule has 0 heterocycles. The molecule has 1 fully saturated rings. The summed E-state index contributed by atoms with van der Waals surface area (Å²) in [6, 6.07) is 9.40. The van der Waals surface area contributed by atoms with Gasteiger partial charge in [-0.2, -0.15) is 0 Å². The van der Waals surface area contributed by atoms with Gasteiger partial charge in [-0.3, -0.25) is 4.90 Å². The van der Waals surface area contributed by atoms with Crippen molar-refractivity contribution in [3.8, 4) is 0 Å². The summed E-state index contributed by atoms with van der Waals surface area (Å²) in [6.45, 7) is 5.69. The van der Waals surface area contributed by atoms with Crippen LogP contribution in [0.5, 0.6) is 0 Å². The molecular weight excluding hydrogens is 246 g/mol. The molecule has 2 nitrogen and oxygen atoms in total. The highest BCUT2D eigenvalue weighted by atomic mass is 16.3. The molecule has 0 bridgehead atoms. The van der Waals surface area contributed by atoms with Gasteiger partial charge in [0.15, 0.2) is 0 Å². The number of hydrogen-bond donors (Lipinski definition) is 1. The summed E-state index contributed by atoms with van der Waals surface area (Å²) in [5.74, 6) is 0.659. The van der Waals surface area contributed by atoms with Gasteiger partial charge in [0.05, 0.1) is 6.10 Å². The maximum absolute atomic E-state index is 10.7. The van der Waals surface area contributed by atoms with Crippen molar-refractivity contribution in [2.45, 2.75) is 64.1 Å². The summed E-state index contributed by atoms with van der Waals surface area (Å²) >= 11 is 0. The first kappa shape index (κ1) is 14.1. The maximum atomic E-state index is 10.7. The molecule has 2 aliphatic carbocycles. The first-order valence-corrected chi connectivity index (χ1v) is 8.18. The molecule has 0 amide bonds. The van der Waals surface area contributed by atoms with Crippen molar-refractivity contribution in [2.75, 3.05) is 6.54 Å². The monoisotopic (exact) mass is 273 g/mol. The predicted molar refractivity (Wildman–Crippen MR) is 82.7 cm³/mol. The zero-order valence-corrected chi connectivity index (χ0v) is 12.8. The van der Waals surface area contributed by atoms with Gasteiger partial charge in [-0.1, -0.05) is 51.0 Å². The normalized spacial score (nSPS) is 26.6. The Balaban J connectivity index is 1.81. The lowest BCUT2D eigenvalue weighted by Crippen LogP contribution is -2.46. The molecule has 2 aliphatic rings. The third kappa shape index (κ3) is 2.64. The van der Waals surface area contributed by atoms with E-state index < -0.39 is 0 Å². The van der Waals surface area contributed by atoms with Crippen LogP contribution in [0.4, 0.5) is 0 Å². The predicted octanol–water partition coefficient (Wildman–Crippen LogP) is 3.55. The largest absolute Gasteiger partial charge is 0.387 e. The van der Waals surface area contributed by atoms with Crippen LogP contribution in [0, 0.1) is 5.92 Å². The van der Waals surface area contributed by atoms with Crippen LogP contribution < -0.4 is 0 Å². The van der Waals surface area contributed by atoms with Crippen molar-refractivity contribution < 1.29 is 5.11 Å². The average Bonchev–Trinajstić information content (AvgIpc) is 3.05. The molecule has 110 valence electrons. The number of aliphatic hydroxyl groups is 1. The zero-order chi connectivity index (χ0) is 14.1. The van der Waals surface area contributed by atoms with E-state index in [1.165, 1.54) is 31.2 Å². The standard InChI is InChI=1S/C18H27NO/c1-13(2)12-19(15-8-4-5-9-15)17-11-14-7-3-6-10-16(14)18(17)20/h3,6-7,10,13,15,17-18,20H,4-5,8-9,11-12H2,1-2H3. The van der Waals surface area contributed by atoms with Gasteiger partial charge in [-0.05, 0) is 36.3 Å². The molecule has 2 unspecified atom stereocenters. The molecule has 0 radical (unpaired) electrons. The Labute approximate surface area is 122 Å². The van der Waals surface area contributed by atoms with Crippen LogP contribution in [-0.2, 0) is 6.42 Å². The van der Waals surface area contributed by atoms with Gasteiger partial charge in [0.2, 0.25) is 0 Å². The van der Waals surface area contributed by atoms with E-state index in [0.29, 0.717) is 12.0 Å². The van der Waals surface area contributed by atoms with E-state index in [1.807, 2.05) is 6.07 Å². The molecule has 0 spiro atoms. The summed E-state index contributed by atoms with van der Waals surface area (Å²) in [5.41, 5.74) is 2.50. The molecule has 1 aromatic carbocycles. The number of fused-ring (bicyclic) bond motifs is 1. The lowest BCUT2D eigenvalue weighted by atomic mass is 10.0. The van der Waals surface area contributed by atoms with Crippen LogP contribution in [0.2, 0.25) is 0 Å². The zero-order valence-electron chi connectivity index (χ0n) is 12.8.